The van der Waals surface area contributed by atoms with E-state index in [0.717, 1.165) is 34.2 Å². The summed E-state index contributed by atoms with van der Waals surface area (Å²) in [6.45, 7) is 2.04. The Kier molecular flexibility index (Phi) is 4.49. The Bertz CT molecular complexity index is 1050. The van der Waals surface area contributed by atoms with E-state index in [-0.39, 0.29) is 5.75 Å². The third-order valence-electron chi connectivity index (χ3n) is 3.61. The first-order chi connectivity index (χ1) is 11.5. The highest BCUT2D eigenvalue weighted by atomic mass is 32.2. The van der Waals surface area contributed by atoms with Gasteiger partial charge in [0.25, 0.3) is 0 Å². The molecule has 0 fully saturated rings. The molecule has 0 aliphatic rings. The number of pyridine rings is 2. The van der Waals surface area contributed by atoms with E-state index in [9.17, 15) is 8.42 Å². The second-order valence-corrected chi connectivity index (χ2v) is 7.86. The third-order valence-corrected chi connectivity index (χ3v) is 4.41. The summed E-state index contributed by atoms with van der Waals surface area (Å²) in [7, 11) is -3.02. The molecule has 6 heteroatoms. The van der Waals surface area contributed by atoms with Crippen molar-refractivity contribution in [1.82, 2.24) is 14.4 Å². The molecule has 0 atom stereocenters. The van der Waals surface area contributed by atoms with E-state index in [2.05, 4.69) is 4.98 Å². The number of sulfone groups is 1. The molecule has 0 spiro atoms. The topological polar surface area (TPSA) is 64.3 Å². The fourth-order valence-corrected chi connectivity index (χ4v) is 2.99. The molecule has 0 unspecified atom stereocenters. The van der Waals surface area contributed by atoms with E-state index in [0.29, 0.717) is 0 Å². The molecule has 3 aromatic heterocycles. The van der Waals surface area contributed by atoms with E-state index in [1.54, 1.807) is 12.3 Å². The first kappa shape index (κ1) is 16.4. The molecule has 5 nitrogen and oxygen atoms in total. The number of allylic oxidation sites excluding steroid dienone is 3. The fraction of sp³-hybridized carbons (Fsp3) is 0.222. The van der Waals surface area contributed by atoms with Crippen molar-refractivity contribution in [3.8, 4) is 0 Å². The predicted octanol–water partition coefficient (Wildman–Crippen LogP) is 3.28. The van der Waals surface area contributed by atoms with Crippen molar-refractivity contribution in [2.45, 2.75) is 13.3 Å². The molecular weight excluding hydrogens is 322 g/mol. The summed E-state index contributed by atoms with van der Waals surface area (Å²) in [5.41, 5.74) is 3.36. The lowest BCUT2D eigenvalue weighted by Gasteiger charge is -1.97. The van der Waals surface area contributed by atoms with Gasteiger partial charge in [-0.1, -0.05) is 31.2 Å². The second kappa shape index (κ2) is 6.57. The van der Waals surface area contributed by atoms with Crippen LogP contribution >= 0.6 is 0 Å². The number of hydrogen-bond donors (Lipinski definition) is 0. The Morgan fingerprint density at radius 3 is 2.92 bits per heavy atom. The quantitative estimate of drug-likeness (QED) is 0.668. The fourth-order valence-electron chi connectivity index (χ4n) is 2.55. The van der Waals surface area contributed by atoms with Crippen molar-refractivity contribution < 1.29 is 8.42 Å². The van der Waals surface area contributed by atoms with Gasteiger partial charge in [-0.3, -0.25) is 4.98 Å². The predicted molar refractivity (Wildman–Crippen MR) is 97.6 cm³/mol. The van der Waals surface area contributed by atoms with Crippen LogP contribution in [0.25, 0.3) is 22.1 Å². The van der Waals surface area contributed by atoms with Crippen molar-refractivity contribution >= 4 is 32.0 Å². The minimum atomic E-state index is -3.02. The molecule has 0 amide bonds. The normalized spacial score (nSPS) is 13.3. The first-order valence-electron chi connectivity index (χ1n) is 7.75. The van der Waals surface area contributed by atoms with Crippen LogP contribution in [-0.4, -0.2) is 34.8 Å². The summed E-state index contributed by atoms with van der Waals surface area (Å²) >= 11 is 0. The average Bonchev–Trinajstić information content (AvgIpc) is 2.97. The summed E-state index contributed by atoms with van der Waals surface area (Å²) in [6, 6.07) is 5.91. The van der Waals surface area contributed by atoms with Crippen LogP contribution in [0.4, 0.5) is 0 Å². The van der Waals surface area contributed by atoms with Crippen molar-refractivity contribution in [3.63, 3.8) is 0 Å². The summed E-state index contributed by atoms with van der Waals surface area (Å²) in [6.07, 6.45) is 13.2. The zero-order valence-corrected chi connectivity index (χ0v) is 14.5. The van der Waals surface area contributed by atoms with Crippen molar-refractivity contribution in [2.75, 3.05) is 12.0 Å². The van der Waals surface area contributed by atoms with Crippen LogP contribution in [0.2, 0.25) is 0 Å². The van der Waals surface area contributed by atoms with Gasteiger partial charge in [-0.25, -0.2) is 13.4 Å². The van der Waals surface area contributed by atoms with Gasteiger partial charge >= 0.3 is 0 Å². The highest BCUT2D eigenvalue weighted by molar-refractivity contribution is 7.90. The average molecular weight is 341 g/mol. The van der Waals surface area contributed by atoms with Crippen LogP contribution < -0.4 is 0 Å². The molecule has 0 aliphatic heterocycles. The number of rotatable bonds is 5. The van der Waals surface area contributed by atoms with Gasteiger partial charge in [0.2, 0.25) is 0 Å². The number of fused-ring (bicyclic) bond motifs is 3. The molecule has 0 aromatic carbocycles. The van der Waals surface area contributed by atoms with Gasteiger partial charge in [0.15, 0.2) is 15.5 Å². The van der Waals surface area contributed by atoms with E-state index >= 15 is 0 Å². The zero-order valence-electron chi connectivity index (χ0n) is 13.7. The molecule has 0 N–H and O–H groups in total. The Morgan fingerprint density at radius 2 is 2.17 bits per heavy atom. The monoisotopic (exact) mass is 341 g/mol. The van der Waals surface area contributed by atoms with Crippen LogP contribution in [0.5, 0.6) is 0 Å². The Hall–Kier alpha value is -2.47. The van der Waals surface area contributed by atoms with E-state index in [4.69, 9.17) is 4.98 Å². The molecule has 0 bridgehead atoms. The molecule has 0 radical (unpaired) electrons. The van der Waals surface area contributed by atoms with Crippen LogP contribution in [0.15, 0.2) is 55.0 Å². The highest BCUT2D eigenvalue weighted by Crippen LogP contribution is 2.21. The maximum Gasteiger partial charge on any atom is 0.164 e. The molecule has 24 heavy (non-hydrogen) atoms. The van der Waals surface area contributed by atoms with Gasteiger partial charge in [-0.2, -0.15) is 0 Å². The number of imidazole rings is 1. The first-order valence-corrected chi connectivity index (χ1v) is 9.81. The molecule has 0 saturated heterocycles. The van der Waals surface area contributed by atoms with Crippen LogP contribution in [0.1, 0.15) is 19.0 Å². The lowest BCUT2D eigenvalue weighted by atomic mass is 10.1. The minimum absolute atomic E-state index is 0.0198. The summed E-state index contributed by atoms with van der Waals surface area (Å²) < 4.78 is 24.5. The van der Waals surface area contributed by atoms with Crippen LogP contribution in [-0.2, 0) is 9.84 Å². The Balaban J connectivity index is 2.05. The van der Waals surface area contributed by atoms with Gasteiger partial charge in [-0.05, 0) is 24.1 Å². The number of aromatic nitrogens is 3. The highest BCUT2D eigenvalue weighted by Gasteiger charge is 2.09. The van der Waals surface area contributed by atoms with Gasteiger partial charge in [0.1, 0.15) is 5.52 Å². The maximum absolute atomic E-state index is 11.3. The van der Waals surface area contributed by atoms with Crippen LogP contribution in [0, 0.1) is 0 Å². The SMILES string of the molecule is CC/C=C(\C=C/CS(C)(=O)=O)c1cn2ccc3cccnc3c2n1. The second-order valence-electron chi connectivity index (χ2n) is 5.68. The summed E-state index contributed by atoms with van der Waals surface area (Å²) in [5.74, 6) is 0.0198. The van der Waals surface area contributed by atoms with Gasteiger partial charge in [0.05, 0.1) is 11.4 Å². The molecule has 3 rings (SSSR count). The summed E-state index contributed by atoms with van der Waals surface area (Å²) in [5, 5.41) is 1.04. The molecule has 0 aliphatic carbocycles. The standard InChI is InChI=1S/C18H19N3O2S/c1-3-6-14(8-5-12-24(2,22)23)16-13-21-11-9-15-7-4-10-19-17(15)18(21)20-16/h4-11,13H,3,12H2,1-2H3/b8-5-,14-6+. The lowest BCUT2D eigenvalue weighted by molar-refractivity contribution is 0.604. The zero-order chi connectivity index (χ0) is 17.2. The molecule has 3 heterocycles. The number of nitrogens with zero attached hydrogens (tertiary/aromatic N) is 3. The van der Waals surface area contributed by atoms with Gasteiger partial charge in [0, 0.05) is 30.2 Å². The van der Waals surface area contributed by atoms with E-state index < -0.39 is 9.84 Å². The lowest BCUT2D eigenvalue weighted by Crippen LogP contribution is -1.99. The largest absolute Gasteiger partial charge is 0.305 e. The minimum Gasteiger partial charge on any atom is -0.305 e. The third kappa shape index (κ3) is 3.54. The van der Waals surface area contributed by atoms with E-state index in [1.807, 2.05) is 54.1 Å². The smallest absolute Gasteiger partial charge is 0.164 e. The summed E-state index contributed by atoms with van der Waals surface area (Å²) in [4.78, 5) is 9.13. The van der Waals surface area contributed by atoms with Crippen molar-refractivity contribution in [3.05, 3.63) is 60.7 Å². The van der Waals surface area contributed by atoms with Crippen molar-refractivity contribution in [1.29, 1.82) is 0 Å². The number of hydrogen-bond acceptors (Lipinski definition) is 4. The molecule has 3 aromatic rings. The van der Waals surface area contributed by atoms with Crippen molar-refractivity contribution in [2.24, 2.45) is 0 Å². The van der Waals surface area contributed by atoms with Gasteiger partial charge < -0.3 is 4.40 Å². The Labute approximate surface area is 141 Å². The van der Waals surface area contributed by atoms with E-state index in [1.165, 1.54) is 6.26 Å². The Morgan fingerprint density at radius 1 is 1.33 bits per heavy atom. The van der Waals surface area contributed by atoms with Gasteiger partial charge in [-0.15, -0.1) is 0 Å². The maximum atomic E-state index is 11.3. The molecule has 0 saturated carbocycles. The van der Waals surface area contributed by atoms with Crippen LogP contribution in [0.3, 0.4) is 0 Å². The molecular formula is C18H19N3O2S. The molecule has 124 valence electrons.